The molecule has 0 saturated heterocycles. The quantitative estimate of drug-likeness (QED) is 0.760. The van der Waals surface area contributed by atoms with Gasteiger partial charge in [-0.05, 0) is 30.2 Å². The lowest BCUT2D eigenvalue weighted by molar-refractivity contribution is 0.299. The molecule has 0 spiro atoms. The Labute approximate surface area is 113 Å². The molecule has 0 heterocycles. The predicted octanol–water partition coefficient (Wildman–Crippen LogP) is 4.44. The van der Waals surface area contributed by atoms with Crippen molar-refractivity contribution in [3.63, 3.8) is 0 Å². The van der Waals surface area contributed by atoms with Gasteiger partial charge in [0, 0.05) is 10.4 Å². The SMILES string of the molecule is C.[O-][N+]#Cc1c(OCC2CC2)ccc2ccccc12. The van der Waals surface area contributed by atoms with Gasteiger partial charge in [0.25, 0.3) is 0 Å². The Bertz CT molecular complexity index is 636. The zero-order valence-electron chi connectivity index (χ0n) is 9.93. The van der Waals surface area contributed by atoms with Crippen LogP contribution >= 0.6 is 0 Å². The number of hydrogen-bond donors (Lipinski definition) is 0. The van der Waals surface area contributed by atoms with E-state index in [0.29, 0.717) is 23.8 Å². The number of benzene rings is 2. The Balaban J connectivity index is 0.00000133. The molecular formula is C16H17NO2. The van der Waals surface area contributed by atoms with Crippen LogP contribution in [0.25, 0.3) is 15.8 Å². The molecule has 98 valence electrons. The van der Waals surface area contributed by atoms with Crippen LogP contribution in [-0.2, 0) is 0 Å². The average Bonchev–Trinajstić information content (AvgIpc) is 3.22. The molecule has 0 radical (unpaired) electrons. The monoisotopic (exact) mass is 255 g/mol. The summed E-state index contributed by atoms with van der Waals surface area (Å²) in [6.45, 7) is 0.714. The van der Waals surface area contributed by atoms with Gasteiger partial charge < -0.3 is 9.94 Å². The molecule has 1 aliphatic rings. The van der Waals surface area contributed by atoms with Crippen molar-refractivity contribution >= 4 is 10.8 Å². The summed E-state index contributed by atoms with van der Waals surface area (Å²) in [5.41, 5.74) is 0.656. The van der Waals surface area contributed by atoms with Crippen LogP contribution in [0.15, 0.2) is 36.4 Å². The summed E-state index contributed by atoms with van der Waals surface area (Å²) in [7, 11) is 0. The van der Waals surface area contributed by atoms with Crippen LogP contribution in [0, 0.1) is 17.2 Å². The minimum absolute atomic E-state index is 0. The van der Waals surface area contributed by atoms with Crippen molar-refractivity contribution in [3.05, 3.63) is 52.2 Å². The fraction of sp³-hybridized carbons (Fsp3) is 0.312. The first-order valence-corrected chi connectivity index (χ1v) is 6.11. The zero-order valence-corrected chi connectivity index (χ0v) is 9.93. The summed E-state index contributed by atoms with van der Waals surface area (Å²) in [5.74, 6) is 1.37. The highest BCUT2D eigenvalue weighted by Crippen LogP contribution is 2.32. The van der Waals surface area contributed by atoms with Gasteiger partial charge in [-0.15, -0.1) is 0 Å². The van der Waals surface area contributed by atoms with E-state index in [1.807, 2.05) is 36.4 Å². The molecule has 3 heteroatoms. The van der Waals surface area contributed by atoms with E-state index in [1.165, 1.54) is 12.8 Å². The first-order valence-electron chi connectivity index (χ1n) is 6.11. The molecule has 0 unspecified atom stereocenters. The van der Waals surface area contributed by atoms with E-state index in [-0.39, 0.29) is 7.43 Å². The molecule has 0 bridgehead atoms. The summed E-state index contributed by atoms with van der Waals surface area (Å²) in [6.07, 6.45) is 2.48. The molecule has 0 aromatic heterocycles. The third kappa shape index (κ3) is 2.79. The highest BCUT2D eigenvalue weighted by Gasteiger charge is 2.23. The molecule has 1 aliphatic carbocycles. The first kappa shape index (κ1) is 13.2. The maximum Gasteiger partial charge on any atom is 0.341 e. The predicted molar refractivity (Wildman–Crippen MR) is 78.6 cm³/mol. The number of rotatable bonds is 3. The van der Waals surface area contributed by atoms with Gasteiger partial charge in [-0.2, -0.15) is 0 Å². The average molecular weight is 255 g/mol. The van der Waals surface area contributed by atoms with Crippen molar-refractivity contribution in [1.82, 2.24) is 0 Å². The van der Waals surface area contributed by atoms with Crippen LogP contribution in [0.1, 0.15) is 25.8 Å². The molecular weight excluding hydrogens is 238 g/mol. The van der Waals surface area contributed by atoms with E-state index in [0.717, 1.165) is 10.8 Å². The van der Waals surface area contributed by atoms with Crippen LogP contribution in [-0.4, -0.2) is 6.61 Å². The maximum absolute atomic E-state index is 10.5. The van der Waals surface area contributed by atoms with Gasteiger partial charge in [0.15, 0.2) is 5.56 Å². The van der Waals surface area contributed by atoms with Crippen LogP contribution < -0.4 is 4.74 Å². The first-order chi connectivity index (χ1) is 8.88. The molecule has 1 saturated carbocycles. The second-order valence-electron chi connectivity index (χ2n) is 4.62. The van der Waals surface area contributed by atoms with E-state index in [9.17, 15) is 5.21 Å². The summed E-state index contributed by atoms with van der Waals surface area (Å²) < 4.78 is 5.76. The lowest BCUT2D eigenvalue weighted by Crippen LogP contribution is -2.00. The molecule has 0 amide bonds. The largest absolute Gasteiger partial charge is 0.498 e. The molecule has 1 fully saturated rings. The third-order valence-electron chi connectivity index (χ3n) is 3.22. The van der Waals surface area contributed by atoms with Gasteiger partial charge in [0.1, 0.15) is 5.75 Å². The van der Waals surface area contributed by atoms with Crippen LogP contribution in [0.3, 0.4) is 0 Å². The Kier molecular flexibility index (Phi) is 3.91. The summed E-state index contributed by atoms with van der Waals surface area (Å²) >= 11 is 0. The molecule has 0 atom stereocenters. The fourth-order valence-corrected chi connectivity index (χ4v) is 2.02. The van der Waals surface area contributed by atoms with Gasteiger partial charge in [-0.25, -0.2) is 0 Å². The minimum Gasteiger partial charge on any atom is -0.498 e. The third-order valence-corrected chi connectivity index (χ3v) is 3.22. The lowest BCUT2D eigenvalue weighted by Gasteiger charge is -2.08. The van der Waals surface area contributed by atoms with E-state index in [4.69, 9.17) is 4.74 Å². The van der Waals surface area contributed by atoms with E-state index >= 15 is 0 Å². The van der Waals surface area contributed by atoms with Crippen molar-refractivity contribution in [2.75, 3.05) is 6.61 Å². The number of nitrogens with zero attached hydrogens (tertiary/aromatic N) is 1. The van der Waals surface area contributed by atoms with Crippen molar-refractivity contribution in [2.24, 2.45) is 5.92 Å². The van der Waals surface area contributed by atoms with Gasteiger partial charge in [-0.1, -0.05) is 37.8 Å². The van der Waals surface area contributed by atoms with Crippen molar-refractivity contribution in [2.45, 2.75) is 20.3 Å². The number of ether oxygens (including phenoxy) is 1. The summed E-state index contributed by atoms with van der Waals surface area (Å²) in [5, 5.41) is 15.3. The Morgan fingerprint density at radius 2 is 2.00 bits per heavy atom. The van der Waals surface area contributed by atoms with Crippen LogP contribution in [0.4, 0.5) is 0 Å². The Morgan fingerprint density at radius 1 is 1.21 bits per heavy atom. The van der Waals surface area contributed by atoms with E-state index < -0.39 is 0 Å². The minimum atomic E-state index is 0. The summed E-state index contributed by atoms with van der Waals surface area (Å²) in [4.78, 5) is 0. The Morgan fingerprint density at radius 3 is 2.74 bits per heavy atom. The van der Waals surface area contributed by atoms with Crippen LogP contribution in [0.2, 0.25) is 0 Å². The molecule has 3 nitrogen and oxygen atoms in total. The second kappa shape index (κ2) is 5.62. The molecule has 0 N–H and O–H groups in total. The van der Waals surface area contributed by atoms with Crippen molar-refractivity contribution in [1.29, 1.82) is 0 Å². The normalized spacial score (nSPS) is 13.3. The van der Waals surface area contributed by atoms with E-state index in [2.05, 4.69) is 11.1 Å². The number of fused-ring (bicyclic) bond motifs is 1. The lowest BCUT2D eigenvalue weighted by atomic mass is 10.0. The molecule has 2 aromatic rings. The van der Waals surface area contributed by atoms with Crippen molar-refractivity contribution in [3.8, 4) is 11.8 Å². The molecule has 2 aromatic carbocycles. The van der Waals surface area contributed by atoms with Crippen molar-refractivity contribution < 1.29 is 4.74 Å². The maximum atomic E-state index is 10.5. The highest BCUT2D eigenvalue weighted by molar-refractivity contribution is 5.90. The van der Waals surface area contributed by atoms with Gasteiger partial charge in [-0.3, -0.25) is 0 Å². The van der Waals surface area contributed by atoms with Gasteiger partial charge >= 0.3 is 6.07 Å². The second-order valence-corrected chi connectivity index (χ2v) is 4.62. The Hall–Kier alpha value is -2.21. The van der Waals surface area contributed by atoms with Crippen LogP contribution in [0.5, 0.6) is 5.75 Å². The molecule has 0 aliphatic heterocycles. The fourth-order valence-electron chi connectivity index (χ4n) is 2.02. The molecule has 19 heavy (non-hydrogen) atoms. The highest BCUT2D eigenvalue weighted by atomic mass is 16.5. The van der Waals surface area contributed by atoms with Gasteiger partial charge in [0.2, 0.25) is 0 Å². The van der Waals surface area contributed by atoms with E-state index in [1.54, 1.807) is 0 Å². The summed E-state index contributed by atoms with van der Waals surface area (Å²) in [6, 6.07) is 14.2. The standard InChI is InChI=1S/C15H13NO2.CH4/c17-16-9-14-13-4-2-1-3-12(13)7-8-15(14)18-10-11-5-6-11;/h1-4,7-8,11H,5-6,10H2;1H4. The number of hydrogen-bond acceptors (Lipinski definition) is 2. The zero-order chi connectivity index (χ0) is 12.4. The smallest absolute Gasteiger partial charge is 0.341 e. The molecule has 3 rings (SSSR count). The van der Waals surface area contributed by atoms with Gasteiger partial charge in [0.05, 0.1) is 6.61 Å². The topological polar surface area (TPSA) is 36.6 Å².